The van der Waals surface area contributed by atoms with Crippen molar-refractivity contribution >= 4 is 17.7 Å². The third-order valence-electron chi connectivity index (χ3n) is 3.82. The van der Waals surface area contributed by atoms with Crippen molar-refractivity contribution in [2.75, 3.05) is 37.0 Å². The molecule has 122 valence electrons. The third-order valence-corrected chi connectivity index (χ3v) is 3.82. The Hall–Kier alpha value is -2.64. The Labute approximate surface area is 135 Å². The number of carbonyl (C=O) groups is 1. The zero-order chi connectivity index (χ0) is 16.6. The molecule has 0 spiro atoms. The molecule has 3 rings (SSSR count). The van der Waals surface area contributed by atoms with Gasteiger partial charge < -0.3 is 15.1 Å². The monoisotopic (exact) mass is 315 g/mol. The zero-order valence-electron chi connectivity index (χ0n) is 13.8. The van der Waals surface area contributed by atoms with E-state index in [1.54, 1.807) is 24.0 Å². The first-order valence-corrected chi connectivity index (χ1v) is 7.51. The summed E-state index contributed by atoms with van der Waals surface area (Å²) < 4.78 is 1.60. The van der Waals surface area contributed by atoms with Gasteiger partial charge in [-0.25, -0.2) is 4.98 Å². The molecule has 23 heavy (non-hydrogen) atoms. The summed E-state index contributed by atoms with van der Waals surface area (Å²) in [6, 6.07) is 3.76. The summed E-state index contributed by atoms with van der Waals surface area (Å²) in [6.45, 7) is 3.29. The predicted molar refractivity (Wildman–Crippen MR) is 87.8 cm³/mol. The highest BCUT2D eigenvalue weighted by Crippen LogP contribution is 2.19. The normalized spacial score (nSPS) is 14.5. The van der Waals surface area contributed by atoms with E-state index >= 15 is 0 Å². The van der Waals surface area contributed by atoms with E-state index in [1.165, 1.54) is 0 Å². The van der Waals surface area contributed by atoms with Crippen LogP contribution in [0.3, 0.4) is 0 Å². The molecule has 8 nitrogen and oxygen atoms in total. The molecule has 1 aliphatic heterocycles. The van der Waals surface area contributed by atoms with E-state index in [4.69, 9.17) is 0 Å². The Balaban J connectivity index is 1.58. The van der Waals surface area contributed by atoms with Crippen LogP contribution in [0.4, 0.5) is 11.8 Å². The number of aromatic nitrogens is 4. The quantitative estimate of drug-likeness (QED) is 0.868. The Morgan fingerprint density at radius 3 is 2.74 bits per heavy atom. The average molecular weight is 315 g/mol. The fourth-order valence-corrected chi connectivity index (χ4v) is 2.56. The van der Waals surface area contributed by atoms with Crippen molar-refractivity contribution in [3.8, 4) is 0 Å². The predicted octanol–water partition coefficient (Wildman–Crippen LogP) is 0.203. The van der Waals surface area contributed by atoms with Gasteiger partial charge >= 0.3 is 0 Å². The summed E-state index contributed by atoms with van der Waals surface area (Å²) in [5.41, 5.74) is 1.41. The number of amides is 1. The van der Waals surface area contributed by atoms with Gasteiger partial charge in [0, 0.05) is 40.4 Å². The molecule has 3 heterocycles. The maximum atomic E-state index is 12.2. The summed E-state index contributed by atoms with van der Waals surface area (Å²) in [7, 11) is 5.66. The molecule has 1 saturated heterocycles. The standard InChI is InChI=1S/C15H21N7O/c1-10-7-12(21(4)19-10)14(23)17-11-8-22(9-11)15-16-6-5-13(18-15)20(2)3/h5-7,11H,8-9H2,1-4H3,(H,17,23). The second kappa shape index (κ2) is 5.86. The lowest BCUT2D eigenvalue weighted by atomic mass is 10.1. The molecule has 8 heteroatoms. The molecule has 1 amide bonds. The lowest BCUT2D eigenvalue weighted by Crippen LogP contribution is -2.60. The Kier molecular flexibility index (Phi) is 3.89. The highest BCUT2D eigenvalue weighted by molar-refractivity contribution is 5.93. The topological polar surface area (TPSA) is 79.2 Å². The highest BCUT2D eigenvalue weighted by atomic mass is 16.2. The van der Waals surface area contributed by atoms with Crippen molar-refractivity contribution in [3.05, 3.63) is 29.7 Å². The van der Waals surface area contributed by atoms with Gasteiger partial charge in [0.2, 0.25) is 5.95 Å². The van der Waals surface area contributed by atoms with Gasteiger partial charge in [-0.3, -0.25) is 9.48 Å². The first kappa shape index (κ1) is 15.3. The van der Waals surface area contributed by atoms with Crippen LogP contribution >= 0.6 is 0 Å². The van der Waals surface area contributed by atoms with Crippen molar-refractivity contribution in [2.24, 2.45) is 7.05 Å². The molecule has 2 aromatic heterocycles. The van der Waals surface area contributed by atoms with E-state index < -0.39 is 0 Å². The Morgan fingerprint density at radius 2 is 2.13 bits per heavy atom. The molecule has 1 N–H and O–H groups in total. The van der Waals surface area contributed by atoms with E-state index in [0.29, 0.717) is 24.7 Å². The maximum Gasteiger partial charge on any atom is 0.269 e. The maximum absolute atomic E-state index is 12.2. The first-order chi connectivity index (χ1) is 10.9. The van der Waals surface area contributed by atoms with Gasteiger partial charge in [0.15, 0.2) is 0 Å². The first-order valence-electron chi connectivity index (χ1n) is 7.51. The van der Waals surface area contributed by atoms with Gasteiger partial charge in [-0.15, -0.1) is 0 Å². The second-order valence-corrected chi connectivity index (χ2v) is 5.98. The fourth-order valence-electron chi connectivity index (χ4n) is 2.56. The van der Waals surface area contributed by atoms with Gasteiger partial charge in [0.1, 0.15) is 11.5 Å². The van der Waals surface area contributed by atoms with E-state index in [9.17, 15) is 4.79 Å². The third kappa shape index (κ3) is 3.10. The van der Waals surface area contributed by atoms with E-state index in [1.807, 2.05) is 36.9 Å². The van der Waals surface area contributed by atoms with Gasteiger partial charge in [-0.1, -0.05) is 0 Å². The van der Waals surface area contributed by atoms with Crippen LogP contribution in [0, 0.1) is 6.92 Å². The van der Waals surface area contributed by atoms with Crippen LogP contribution in [0.1, 0.15) is 16.2 Å². The summed E-state index contributed by atoms with van der Waals surface area (Å²) in [5, 5.41) is 7.21. The van der Waals surface area contributed by atoms with Crippen molar-refractivity contribution in [1.82, 2.24) is 25.1 Å². The molecule has 1 aliphatic rings. The lowest BCUT2D eigenvalue weighted by Gasteiger charge is -2.39. The molecule has 0 radical (unpaired) electrons. The highest BCUT2D eigenvalue weighted by Gasteiger charge is 2.30. The van der Waals surface area contributed by atoms with Crippen LogP contribution in [0.15, 0.2) is 18.3 Å². The lowest BCUT2D eigenvalue weighted by molar-refractivity contribution is 0.0920. The number of hydrogen-bond donors (Lipinski definition) is 1. The minimum absolute atomic E-state index is 0.0966. The smallest absolute Gasteiger partial charge is 0.269 e. The number of carbonyl (C=O) groups excluding carboxylic acids is 1. The largest absolute Gasteiger partial charge is 0.363 e. The summed E-state index contributed by atoms with van der Waals surface area (Å²) >= 11 is 0. The van der Waals surface area contributed by atoms with Crippen LogP contribution in [0.2, 0.25) is 0 Å². The molecule has 0 bridgehead atoms. The van der Waals surface area contributed by atoms with Crippen molar-refractivity contribution in [2.45, 2.75) is 13.0 Å². The Bertz CT molecular complexity index is 718. The summed E-state index contributed by atoms with van der Waals surface area (Å²) in [4.78, 5) is 25.0. The minimum Gasteiger partial charge on any atom is -0.363 e. The van der Waals surface area contributed by atoms with Crippen LogP contribution in [0.5, 0.6) is 0 Å². The summed E-state index contributed by atoms with van der Waals surface area (Å²) in [6.07, 6.45) is 1.75. The van der Waals surface area contributed by atoms with Gasteiger partial charge in [-0.2, -0.15) is 10.1 Å². The molecular formula is C15H21N7O. The zero-order valence-corrected chi connectivity index (χ0v) is 13.8. The second-order valence-electron chi connectivity index (χ2n) is 5.98. The van der Waals surface area contributed by atoms with E-state index in [0.717, 1.165) is 11.5 Å². The molecular weight excluding hydrogens is 294 g/mol. The van der Waals surface area contributed by atoms with Crippen molar-refractivity contribution in [3.63, 3.8) is 0 Å². The SMILES string of the molecule is Cc1cc(C(=O)NC2CN(c3nccc(N(C)C)n3)C2)n(C)n1. The molecule has 0 atom stereocenters. The molecule has 0 aromatic carbocycles. The van der Waals surface area contributed by atoms with Crippen LogP contribution < -0.4 is 15.1 Å². The Morgan fingerprint density at radius 1 is 1.39 bits per heavy atom. The molecule has 1 fully saturated rings. The minimum atomic E-state index is -0.0966. The number of anilines is 2. The number of nitrogens with zero attached hydrogens (tertiary/aromatic N) is 6. The number of aryl methyl sites for hydroxylation is 2. The van der Waals surface area contributed by atoms with E-state index in [2.05, 4.69) is 20.4 Å². The van der Waals surface area contributed by atoms with Gasteiger partial charge in [0.25, 0.3) is 5.91 Å². The number of rotatable bonds is 4. The van der Waals surface area contributed by atoms with Gasteiger partial charge in [-0.05, 0) is 19.1 Å². The fraction of sp³-hybridized carbons (Fsp3) is 0.467. The number of nitrogens with one attached hydrogen (secondary N) is 1. The molecule has 0 aliphatic carbocycles. The van der Waals surface area contributed by atoms with Crippen LogP contribution in [-0.4, -0.2) is 58.9 Å². The van der Waals surface area contributed by atoms with Crippen LogP contribution in [-0.2, 0) is 7.05 Å². The average Bonchev–Trinajstić information content (AvgIpc) is 2.81. The van der Waals surface area contributed by atoms with E-state index in [-0.39, 0.29) is 11.9 Å². The van der Waals surface area contributed by atoms with Crippen LogP contribution in [0.25, 0.3) is 0 Å². The van der Waals surface area contributed by atoms with Gasteiger partial charge in [0.05, 0.1) is 11.7 Å². The molecule has 0 saturated carbocycles. The summed E-state index contributed by atoms with van der Waals surface area (Å²) in [5.74, 6) is 1.46. The number of hydrogen-bond acceptors (Lipinski definition) is 6. The molecule has 0 unspecified atom stereocenters. The van der Waals surface area contributed by atoms with Crippen molar-refractivity contribution in [1.29, 1.82) is 0 Å². The van der Waals surface area contributed by atoms with Crippen molar-refractivity contribution < 1.29 is 4.79 Å². The molecule has 2 aromatic rings.